The van der Waals surface area contributed by atoms with Crippen molar-refractivity contribution in [2.24, 2.45) is 0 Å². The molecule has 0 amide bonds. The Hall–Kier alpha value is -9.76. The fourth-order valence-corrected chi connectivity index (χ4v) is 12.1. The zero-order valence-corrected chi connectivity index (χ0v) is 68.3. The fourth-order valence-electron chi connectivity index (χ4n) is 9.43. The summed E-state index contributed by atoms with van der Waals surface area (Å²) in [6.45, 7) is 10.7. The van der Waals surface area contributed by atoms with Gasteiger partial charge in [0.25, 0.3) is 30.4 Å². The van der Waals surface area contributed by atoms with Gasteiger partial charge in [0.05, 0.1) is 114 Å². The number of aldehydes is 1. The number of hydrogen-bond donors (Lipinski definition) is 3. The lowest BCUT2D eigenvalue weighted by molar-refractivity contribution is -0.156. The highest BCUT2D eigenvalue weighted by molar-refractivity contribution is 7.87. The number of rotatable bonds is 45. The monoisotopic (exact) mass is 1670 g/mol. The molecule has 0 atom stereocenters. The number of carbonyl (C=O) groups is 1. The van der Waals surface area contributed by atoms with E-state index in [9.17, 15) is 38.4 Å². The van der Waals surface area contributed by atoms with Crippen molar-refractivity contribution in [3.8, 4) is 17.2 Å². The normalized spacial score (nSPS) is 11.5. The molecular weight excluding hydrogens is 1570 g/mol. The zero-order valence-electron chi connectivity index (χ0n) is 65.1. The zero-order chi connectivity index (χ0) is 82.1. The molecule has 22 nitrogen and oxygen atoms in total. The second-order valence-corrected chi connectivity index (χ2v) is 29.3. The Balaban J connectivity index is 0.000000295. The molecule has 0 saturated heterocycles. The van der Waals surface area contributed by atoms with E-state index in [4.69, 9.17) is 60.0 Å². The van der Waals surface area contributed by atoms with Gasteiger partial charge in [-0.2, -0.15) is 38.4 Å². The van der Waals surface area contributed by atoms with Gasteiger partial charge in [0, 0.05) is 38.2 Å². The Morgan fingerprint density at radius 2 is 0.452 bits per heavy atom. The van der Waals surface area contributed by atoms with Crippen LogP contribution in [0.5, 0.6) is 17.2 Å². The van der Waals surface area contributed by atoms with E-state index in [1.807, 2.05) is 151 Å². The van der Waals surface area contributed by atoms with E-state index in [2.05, 4.69) is 88.8 Å². The fraction of sp³-hybridized carbons (Fsp3) is 0.291. The maximum Gasteiger partial charge on any atom is 0.446 e. The average molecular weight is 1670 g/mol. The van der Waals surface area contributed by atoms with Crippen LogP contribution in [0.15, 0.2) is 233 Å². The molecule has 0 spiro atoms. The van der Waals surface area contributed by atoms with Crippen molar-refractivity contribution in [1.82, 2.24) is 0 Å². The van der Waals surface area contributed by atoms with Crippen molar-refractivity contribution in [3.63, 3.8) is 0 Å². The summed E-state index contributed by atoms with van der Waals surface area (Å²) in [5.74, 6) is 2.33. The molecule has 115 heavy (non-hydrogen) atoms. The quantitative estimate of drug-likeness (QED) is 0.0139. The maximum absolute atomic E-state index is 12.1. The predicted molar refractivity (Wildman–Crippen MR) is 448 cm³/mol. The van der Waals surface area contributed by atoms with E-state index in [0.717, 1.165) is 84.4 Å². The number of hydrogen-bond acceptors (Lipinski definition) is 22. The molecule has 0 aliphatic heterocycles. The van der Waals surface area contributed by atoms with Gasteiger partial charge in [0.1, 0.15) is 37.1 Å². The molecule has 0 saturated carbocycles. The van der Waals surface area contributed by atoms with E-state index in [0.29, 0.717) is 79.3 Å². The first-order chi connectivity index (χ1) is 54.9. The number of carbonyl (C=O) groups excluding carboxylic acids is 1. The minimum atomic E-state index is -4.64. The Morgan fingerprint density at radius 3 is 0.635 bits per heavy atom. The van der Waals surface area contributed by atoms with Crippen molar-refractivity contribution < 1.29 is 98.4 Å². The van der Waals surface area contributed by atoms with Crippen molar-refractivity contribution >= 4 is 103 Å². The molecule has 29 heteroatoms. The van der Waals surface area contributed by atoms with Gasteiger partial charge in [-0.25, -0.2) is 0 Å². The van der Waals surface area contributed by atoms with Crippen molar-refractivity contribution in [2.75, 3.05) is 156 Å². The molecule has 9 aromatic rings. The van der Waals surface area contributed by atoms with E-state index in [1.165, 1.54) is 36.4 Å². The van der Waals surface area contributed by atoms with Gasteiger partial charge >= 0.3 is 6.18 Å². The van der Waals surface area contributed by atoms with Crippen LogP contribution in [0, 0.1) is 20.8 Å². The van der Waals surface area contributed by atoms with Crippen LogP contribution in [0.2, 0.25) is 0 Å². The van der Waals surface area contributed by atoms with Crippen molar-refractivity contribution in [1.29, 1.82) is 0 Å². The minimum Gasteiger partial charge on any atom is -0.491 e. The summed E-state index contributed by atoms with van der Waals surface area (Å²) in [7, 11) is -5.58. The van der Waals surface area contributed by atoms with Crippen molar-refractivity contribution in [3.05, 3.63) is 268 Å². The maximum atomic E-state index is 12.1. The molecule has 620 valence electrons. The highest BCUT2D eigenvalue weighted by Gasteiger charge is 2.25. The second kappa shape index (κ2) is 53.4. The third-order valence-electron chi connectivity index (χ3n) is 15.7. The molecule has 0 aromatic heterocycles. The average Bonchev–Trinajstić information content (AvgIpc) is 0.859. The molecule has 0 unspecified atom stereocenters. The highest BCUT2D eigenvalue weighted by atomic mass is 35.5. The summed E-state index contributed by atoms with van der Waals surface area (Å²) in [5, 5.41) is 9.32. The van der Waals surface area contributed by atoms with Crippen LogP contribution in [0.1, 0.15) is 50.1 Å². The smallest absolute Gasteiger partial charge is 0.446 e. The van der Waals surface area contributed by atoms with Crippen LogP contribution in [-0.4, -0.2) is 178 Å². The summed E-state index contributed by atoms with van der Waals surface area (Å²) in [4.78, 5) is 9.11. The van der Waals surface area contributed by atoms with Crippen LogP contribution in [0.4, 0.5) is 30.2 Å². The third-order valence-corrected chi connectivity index (χ3v) is 19.7. The summed E-state index contributed by atoms with van der Waals surface area (Å²) >= 11 is 0. The number of halogens is 4. The molecule has 0 bridgehead atoms. The first-order valence-corrected chi connectivity index (χ1v) is 40.6. The van der Waals surface area contributed by atoms with Gasteiger partial charge in [-0.1, -0.05) is 162 Å². The summed E-state index contributed by atoms with van der Waals surface area (Å²) in [6.07, 6.45) is 6.69. The lowest BCUT2D eigenvalue weighted by Crippen LogP contribution is -2.14. The number of alkyl halides is 3. The number of aryl methyl sites for hydroxylation is 3. The number of benzene rings is 9. The minimum absolute atomic E-state index is 0. The van der Waals surface area contributed by atoms with Gasteiger partial charge < -0.3 is 58.6 Å². The van der Waals surface area contributed by atoms with Gasteiger partial charge in [0.15, 0.2) is 0 Å². The van der Waals surface area contributed by atoms with Gasteiger partial charge in [0.2, 0.25) is 6.29 Å². The van der Waals surface area contributed by atoms with Crippen molar-refractivity contribution in [2.45, 2.75) is 41.6 Å². The van der Waals surface area contributed by atoms with Gasteiger partial charge in [-0.15, -0.1) is 12.4 Å². The number of nitrogens with one attached hydrogen (secondary N) is 3. The van der Waals surface area contributed by atoms with E-state index < -0.39 is 42.8 Å². The lowest BCUT2D eigenvalue weighted by atomic mass is 10.1. The number of anilines is 3. The summed E-state index contributed by atoms with van der Waals surface area (Å²) in [6, 6.07) is 67.8. The first-order valence-electron chi connectivity index (χ1n) is 36.4. The Kier molecular flexibility index (Phi) is 44.5. The molecule has 3 N–H and O–H groups in total. The Morgan fingerprint density at radius 1 is 0.278 bits per heavy atom. The number of ether oxygens (including phenoxy) is 9. The molecule has 0 aliphatic rings. The molecule has 0 radical (unpaired) electrons. The van der Waals surface area contributed by atoms with Crippen LogP contribution < -0.4 is 30.2 Å². The second-order valence-electron chi connectivity index (χ2n) is 24.5. The van der Waals surface area contributed by atoms with Crippen LogP contribution >= 0.6 is 12.4 Å². The predicted octanol–water partition coefficient (Wildman–Crippen LogP) is 16.2. The summed E-state index contributed by atoms with van der Waals surface area (Å²) in [5.41, 5.74) is 12.9. The van der Waals surface area contributed by atoms with Crippen LogP contribution in [0.25, 0.3) is 36.5 Å². The Bertz CT molecular complexity index is 4170. The molecular formula is C86H101ClF3N3O19S3. The third kappa shape index (κ3) is 40.4. The van der Waals surface area contributed by atoms with Crippen LogP contribution in [-0.2, 0) is 76.1 Å². The van der Waals surface area contributed by atoms with E-state index >= 15 is 0 Å². The highest BCUT2D eigenvalue weighted by Crippen LogP contribution is 2.22. The first kappa shape index (κ1) is 95.8. The molecule has 9 rings (SSSR count). The van der Waals surface area contributed by atoms with E-state index in [1.54, 1.807) is 36.4 Å². The Labute approximate surface area is 680 Å². The standard InChI is InChI=1S/3C28H33NO6S.C2HF3O.ClH/c3*1-23-3-15-28(16-4-23)36(30,31)35-22-20-33-18-17-32-19-21-34-27-13-9-25(10-14-27)6-5-24-7-11-26(29-2)12-8-24;3-2(4,5)1-6;/h3*3-16,29H,17-22H2,1-2H3;1H;1H/b3*6-5+;;. The van der Waals surface area contributed by atoms with Gasteiger partial charge in [-0.3, -0.25) is 17.3 Å². The molecule has 0 heterocycles. The van der Waals surface area contributed by atoms with Gasteiger partial charge in [-0.05, 0) is 163 Å². The topological polar surface area (TPSA) is 266 Å². The largest absolute Gasteiger partial charge is 0.491 e. The van der Waals surface area contributed by atoms with Crippen LogP contribution in [0.3, 0.4) is 0 Å². The lowest BCUT2D eigenvalue weighted by Gasteiger charge is -2.09. The molecule has 9 aromatic carbocycles. The molecule has 0 aliphatic carbocycles. The summed E-state index contributed by atoms with van der Waals surface area (Å²) < 4.78 is 168. The SMILES string of the molecule is CNc1ccc(/C=C/c2ccc(OCCOCCOCCOS(=O)(=O)c3ccc(C)cc3)cc2)cc1.CNc1ccc(/C=C/c2ccc(OCCOCCOCCOS(=O)(=O)c3ccc(C)cc3)cc2)cc1.CNc1ccc(/C=C/c2ccc(OCCOCCOCCOS(=O)(=O)c3ccc(C)cc3)cc2)cc1.Cl.O=CC(F)(F)F. The van der Waals surface area contributed by atoms with E-state index in [-0.39, 0.29) is 66.7 Å². The molecule has 0 fully saturated rings.